The second-order valence-corrected chi connectivity index (χ2v) is 5.15. The fraction of sp³-hybridized carbons (Fsp3) is 0.385. The Hall–Kier alpha value is -1.46. The van der Waals surface area contributed by atoms with E-state index in [2.05, 4.69) is 0 Å². The molecule has 20 heavy (non-hydrogen) atoms. The number of carbonyl (C=O) groups is 2. The first-order valence-electron chi connectivity index (χ1n) is 5.96. The van der Waals surface area contributed by atoms with E-state index in [1.807, 2.05) is 0 Å². The quantitative estimate of drug-likeness (QED) is 0.926. The highest BCUT2D eigenvalue weighted by molar-refractivity contribution is 6.43. The van der Waals surface area contributed by atoms with Crippen LogP contribution in [0.3, 0.4) is 0 Å². The van der Waals surface area contributed by atoms with Crippen molar-refractivity contribution in [3.8, 4) is 5.75 Å². The van der Waals surface area contributed by atoms with Crippen LogP contribution in [-0.4, -0.2) is 53.9 Å². The molecular weight excluding hydrogens is 303 g/mol. The van der Waals surface area contributed by atoms with E-state index in [-0.39, 0.29) is 33.8 Å². The molecule has 1 rings (SSSR count). The fourth-order valence-corrected chi connectivity index (χ4v) is 1.83. The monoisotopic (exact) mass is 318 g/mol. The van der Waals surface area contributed by atoms with Crippen LogP contribution in [0.15, 0.2) is 12.1 Å². The average molecular weight is 319 g/mol. The number of hydrogen-bond acceptors (Lipinski definition) is 3. The van der Waals surface area contributed by atoms with Gasteiger partial charge in [0.05, 0.1) is 17.1 Å². The Bertz CT molecular complexity index is 533. The molecule has 0 saturated heterocycles. The molecule has 0 saturated carbocycles. The topological polar surface area (TPSA) is 60.9 Å². The standard InChI is InChI=1S/C13H16Cl2N2O3/c1-4-17(7-10(18)16(2)3)13(20)8-5-6-9(14)11(15)12(8)19/h5-6,19H,4,7H2,1-3H3. The summed E-state index contributed by atoms with van der Waals surface area (Å²) < 4.78 is 0. The van der Waals surface area contributed by atoms with Crippen LogP contribution in [0.25, 0.3) is 0 Å². The van der Waals surface area contributed by atoms with E-state index in [1.54, 1.807) is 21.0 Å². The highest BCUT2D eigenvalue weighted by atomic mass is 35.5. The number of rotatable bonds is 4. The zero-order valence-electron chi connectivity index (χ0n) is 11.5. The van der Waals surface area contributed by atoms with Crippen molar-refractivity contribution < 1.29 is 14.7 Å². The summed E-state index contributed by atoms with van der Waals surface area (Å²) >= 11 is 11.6. The minimum Gasteiger partial charge on any atom is -0.505 e. The zero-order chi connectivity index (χ0) is 15.4. The van der Waals surface area contributed by atoms with Crippen molar-refractivity contribution in [2.45, 2.75) is 6.92 Å². The van der Waals surface area contributed by atoms with Gasteiger partial charge in [0.2, 0.25) is 5.91 Å². The van der Waals surface area contributed by atoms with Crippen LogP contribution in [0.1, 0.15) is 17.3 Å². The minimum atomic E-state index is -0.473. The molecular formula is C13H16Cl2N2O3. The molecule has 0 radical (unpaired) electrons. The SMILES string of the molecule is CCN(CC(=O)N(C)C)C(=O)c1ccc(Cl)c(Cl)c1O. The molecule has 110 valence electrons. The summed E-state index contributed by atoms with van der Waals surface area (Å²) in [5, 5.41) is 9.96. The summed E-state index contributed by atoms with van der Waals surface area (Å²) in [4.78, 5) is 26.7. The van der Waals surface area contributed by atoms with E-state index in [0.29, 0.717) is 6.54 Å². The molecule has 0 spiro atoms. The Morgan fingerprint density at radius 3 is 2.35 bits per heavy atom. The molecule has 0 aromatic heterocycles. The summed E-state index contributed by atoms with van der Waals surface area (Å²) in [6.07, 6.45) is 0. The minimum absolute atomic E-state index is 0.0211. The van der Waals surface area contributed by atoms with Crippen LogP contribution in [-0.2, 0) is 4.79 Å². The van der Waals surface area contributed by atoms with Crippen molar-refractivity contribution >= 4 is 35.0 Å². The Morgan fingerprint density at radius 1 is 1.25 bits per heavy atom. The van der Waals surface area contributed by atoms with E-state index in [0.717, 1.165) is 0 Å². The summed E-state index contributed by atoms with van der Waals surface area (Å²) in [6.45, 7) is 2.01. The van der Waals surface area contributed by atoms with Gasteiger partial charge in [-0.25, -0.2) is 0 Å². The van der Waals surface area contributed by atoms with Gasteiger partial charge in [-0.1, -0.05) is 23.2 Å². The number of likely N-dealkylation sites (N-methyl/N-ethyl adjacent to an activating group) is 2. The number of halogens is 2. The van der Waals surface area contributed by atoms with Gasteiger partial charge in [-0.15, -0.1) is 0 Å². The lowest BCUT2D eigenvalue weighted by molar-refractivity contribution is -0.129. The van der Waals surface area contributed by atoms with Gasteiger partial charge in [-0.05, 0) is 19.1 Å². The first kappa shape index (κ1) is 16.6. The maximum Gasteiger partial charge on any atom is 0.258 e. The molecule has 1 aromatic rings. The second-order valence-electron chi connectivity index (χ2n) is 4.37. The molecule has 7 heteroatoms. The summed E-state index contributed by atoms with van der Waals surface area (Å²) in [6, 6.07) is 2.81. The molecule has 0 heterocycles. The van der Waals surface area contributed by atoms with E-state index in [9.17, 15) is 14.7 Å². The van der Waals surface area contributed by atoms with Crippen LogP contribution >= 0.6 is 23.2 Å². The van der Waals surface area contributed by atoms with Crippen LogP contribution in [0.4, 0.5) is 0 Å². The number of nitrogens with zero attached hydrogens (tertiary/aromatic N) is 2. The van der Waals surface area contributed by atoms with Crippen LogP contribution < -0.4 is 0 Å². The molecule has 0 aliphatic rings. The maximum absolute atomic E-state index is 12.3. The van der Waals surface area contributed by atoms with Crippen molar-refractivity contribution in [1.82, 2.24) is 9.80 Å². The molecule has 0 aliphatic carbocycles. The average Bonchev–Trinajstić information content (AvgIpc) is 2.41. The lowest BCUT2D eigenvalue weighted by atomic mass is 10.1. The van der Waals surface area contributed by atoms with Gasteiger partial charge in [0.1, 0.15) is 10.8 Å². The molecule has 0 atom stereocenters. The van der Waals surface area contributed by atoms with Gasteiger partial charge in [0, 0.05) is 20.6 Å². The molecule has 1 N–H and O–H groups in total. The van der Waals surface area contributed by atoms with Crippen molar-refractivity contribution in [1.29, 1.82) is 0 Å². The molecule has 0 aliphatic heterocycles. The highest BCUT2D eigenvalue weighted by Crippen LogP contribution is 2.34. The zero-order valence-corrected chi connectivity index (χ0v) is 13.0. The van der Waals surface area contributed by atoms with Gasteiger partial charge >= 0.3 is 0 Å². The molecule has 0 bridgehead atoms. The largest absolute Gasteiger partial charge is 0.505 e. The van der Waals surface area contributed by atoms with E-state index in [1.165, 1.54) is 21.9 Å². The maximum atomic E-state index is 12.3. The summed E-state index contributed by atoms with van der Waals surface area (Å²) in [5.41, 5.74) is 0.0211. The Labute approximate surface area is 127 Å². The Kier molecular flexibility index (Phi) is 5.65. The van der Waals surface area contributed by atoms with Crippen molar-refractivity contribution in [2.75, 3.05) is 27.2 Å². The third-order valence-electron chi connectivity index (χ3n) is 2.79. The van der Waals surface area contributed by atoms with Crippen molar-refractivity contribution in [3.63, 3.8) is 0 Å². The molecule has 2 amide bonds. The van der Waals surface area contributed by atoms with Crippen LogP contribution in [0.5, 0.6) is 5.75 Å². The highest BCUT2D eigenvalue weighted by Gasteiger charge is 2.22. The third-order valence-corrected chi connectivity index (χ3v) is 3.59. The number of phenols is 1. The third kappa shape index (κ3) is 3.55. The Balaban J connectivity index is 3.03. The number of hydrogen-bond donors (Lipinski definition) is 1. The predicted octanol–water partition coefficient (Wildman–Crippen LogP) is 2.25. The van der Waals surface area contributed by atoms with Gasteiger partial charge in [0.25, 0.3) is 5.91 Å². The normalized spacial score (nSPS) is 10.2. The van der Waals surface area contributed by atoms with Gasteiger partial charge in [0.15, 0.2) is 0 Å². The Morgan fingerprint density at radius 2 is 1.85 bits per heavy atom. The van der Waals surface area contributed by atoms with Crippen molar-refractivity contribution in [3.05, 3.63) is 27.7 Å². The number of aromatic hydroxyl groups is 1. The lowest BCUT2D eigenvalue weighted by Gasteiger charge is -2.22. The van der Waals surface area contributed by atoms with Crippen LogP contribution in [0.2, 0.25) is 10.0 Å². The predicted molar refractivity (Wildman–Crippen MR) is 78.4 cm³/mol. The van der Waals surface area contributed by atoms with Gasteiger partial charge < -0.3 is 14.9 Å². The second kappa shape index (κ2) is 6.81. The summed E-state index contributed by atoms with van der Waals surface area (Å²) in [5.74, 6) is -1.06. The van der Waals surface area contributed by atoms with E-state index in [4.69, 9.17) is 23.2 Å². The van der Waals surface area contributed by atoms with Gasteiger partial charge in [-0.2, -0.15) is 0 Å². The van der Waals surface area contributed by atoms with E-state index >= 15 is 0 Å². The smallest absolute Gasteiger partial charge is 0.258 e. The number of phenolic OH excluding ortho intramolecular Hbond substituents is 1. The van der Waals surface area contributed by atoms with Crippen LogP contribution in [0, 0.1) is 0 Å². The molecule has 0 fully saturated rings. The number of amides is 2. The van der Waals surface area contributed by atoms with E-state index < -0.39 is 5.91 Å². The molecule has 5 nitrogen and oxygen atoms in total. The van der Waals surface area contributed by atoms with Gasteiger partial charge in [-0.3, -0.25) is 9.59 Å². The first-order chi connectivity index (χ1) is 9.29. The molecule has 0 unspecified atom stereocenters. The fourth-order valence-electron chi connectivity index (χ4n) is 1.51. The number of carbonyl (C=O) groups excluding carboxylic acids is 2. The van der Waals surface area contributed by atoms with Crippen molar-refractivity contribution in [2.24, 2.45) is 0 Å². The molecule has 1 aromatic carbocycles. The number of benzene rings is 1. The first-order valence-corrected chi connectivity index (χ1v) is 6.71. The summed E-state index contributed by atoms with van der Waals surface area (Å²) in [7, 11) is 3.22. The lowest BCUT2D eigenvalue weighted by Crippen LogP contribution is -2.40.